The minimum Gasteiger partial charge on any atom is -0.365 e. The molecule has 2 amide bonds. The van der Waals surface area contributed by atoms with Gasteiger partial charge in [-0.3, -0.25) is 24.5 Å². The normalized spacial score (nSPS) is 25.6. The fraction of sp³-hybridized carbons (Fsp3) is 0.565. The lowest BCUT2D eigenvalue weighted by molar-refractivity contribution is -0.152. The standard InChI is InChI=1S/C23H29F4N7O3/c1-33-16(7-9-29-33)20(35)32-19(14-2-4-15(24)5-3-14)21(36)31-18-10-13(6-8-28-18)11-34-12-17(23(25,26)27)30-22(34)37/h6-10,14-15,17,19,22,30,37H,2-5,11-12H2,1H3,(H,32,35)(H,28,31,36)/t14?,15?,17-,19-,22?/m0/s1. The first kappa shape index (κ1) is 26.9. The predicted molar refractivity (Wildman–Crippen MR) is 124 cm³/mol. The molecule has 0 spiro atoms. The predicted octanol–water partition coefficient (Wildman–Crippen LogP) is 1.69. The number of aryl methyl sites for hydroxylation is 1. The van der Waals surface area contributed by atoms with E-state index in [0.29, 0.717) is 18.4 Å². The fourth-order valence-electron chi connectivity index (χ4n) is 4.72. The van der Waals surface area contributed by atoms with Crippen molar-refractivity contribution in [1.29, 1.82) is 0 Å². The number of carbonyl (C=O) groups excluding carboxylic acids is 2. The van der Waals surface area contributed by atoms with Crippen LogP contribution in [0.15, 0.2) is 30.6 Å². The van der Waals surface area contributed by atoms with Crippen molar-refractivity contribution in [2.75, 3.05) is 11.9 Å². The van der Waals surface area contributed by atoms with E-state index >= 15 is 0 Å². The molecule has 202 valence electrons. The molecular formula is C23H29F4N7O3. The number of carbonyl (C=O) groups is 2. The van der Waals surface area contributed by atoms with Crippen LogP contribution in [0.1, 0.15) is 41.7 Å². The molecule has 4 N–H and O–H groups in total. The highest BCUT2D eigenvalue weighted by atomic mass is 19.4. The second kappa shape index (κ2) is 11.1. The average molecular weight is 528 g/mol. The molecule has 0 radical (unpaired) electrons. The van der Waals surface area contributed by atoms with Crippen molar-refractivity contribution in [1.82, 2.24) is 30.3 Å². The Kier molecular flexibility index (Phi) is 8.09. The topological polar surface area (TPSA) is 124 Å². The number of aliphatic hydroxyl groups excluding tert-OH is 1. The molecule has 0 bridgehead atoms. The molecule has 14 heteroatoms. The molecule has 2 aromatic rings. The van der Waals surface area contributed by atoms with Gasteiger partial charge in [-0.25, -0.2) is 9.37 Å². The van der Waals surface area contributed by atoms with Gasteiger partial charge in [-0.05, 0) is 55.4 Å². The number of aliphatic hydroxyl groups is 1. The number of nitrogens with one attached hydrogen (secondary N) is 3. The molecule has 3 atom stereocenters. The summed E-state index contributed by atoms with van der Waals surface area (Å²) in [6.45, 7) is -0.457. The van der Waals surface area contributed by atoms with E-state index in [9.17, 15) is 32.3 Å². The van der Waals surface area contributed by atoms with E-state index in [4.69, 9.17) is 0 Å². The zero-order chi connectivity index (χ0) is 26.7. The Bertz CT molecular complexity index is 1100. The summed E-state index contributed by atoms with van der Waals surface area (Å²) in [6, 6.07) is 1.75. The van der Waals surface area contributed by atoms with Gasteiger partial charge in [0.1, 0.15) is 29.8 Å². The van der Waals surface area contributed by atoms with Crippen LogP contribution in [-0.2, 0) is 18.4 Å². The summed E-state index contributed by atoms with van der Waals surface area (Å²) < 4.78 is 54.1. The second-order valence-electron chi connectivity index (χ2n) is 9.41. The zero-order valence-electron chi connectivity index (χ0n) is 20.1. The molecule has 2 aromatic heterocycles. The second-order valence-corrected chi connectivity index (χ2v) is 9.41. The van der Waals surface area contributed by atoms with Crippen LogP contribution in [0.3, 0.4) is 0 Å². The highest BCUT2D eigenvalue weighted by molar-refractivity contribution is 6.00. The summed E-state index contributed by atoms with van der Waals surface area (Å²) >= 11 is 0. The van der Waals surface area contributed by atoms with Gasteiger partial charge in [-0.1, -0.05) is 0 Å². The van der Waals surface area contributed by atoms with Gasteiger partial charge in [0.2, 0.25) is 5.91 Å². The quantitative estimate of drug-likeness (QED) is 0.404. The summed E-state index contributed by atoms with van der Waals surface area (Å²) in [5, 5.41) is 21.4. The molecule has 1 saturated heterocycles. The van der Waals surface area contributed by atoms with Gasteiger partial charge in [0.15, 0.2) is 6.35 Å². The highest BCUT2D eigenvalue weighted by Crippen LogP contribution is 2.30. The lowest BCUT2D eigenvalue weighted by Crippen LogP contribution is -2.50. The smallest absolute Gasteiger partial charge is 0.365 e. The van der Waals surface area contributed by atoms with Gasteiger partial charge in [-0.15, -0.1) is 0 Å². The fourth-order valence-corrected chi connectivity index (χ4v) is 4.72. The first-order valence-corrected chi connectivity index (χ1v) is 11.9. The Hall–Kier alpha value is -3.10. The molecule has 2 aliphatic rings. The van der Waals surface area contributed by atoms with E-state index < -0.39 is 49.1 Å². The van der Waals surface area contributed by atoms with Crippen LogP contribution in [0.2, 0.25) is 0 Å². The van der Waals surface area contributed by atoms with E-state index in [1.54, 1.807) is 13.1 Å². The van der Waals surface area contributed by atoms with Crippen molar-refractivity contribution in [3.8, 4) is 0 Å². The third kappa shape index (κ3) is 6.62. The molecule has 4 rings (SSSR count). The van der Waals surface area contributed by atoms with E-state index in [1.165, 1.54) is 34.1 Å². The highest BCUT2D eigenvalue weighted by Gasteiger charge is 2.46. The van der Waals surface area contributed by atoms with Gasteiger partial charge >= 0.3 is 6.18 Å². The molecule has 3 heterocycles. The number of nitrogens with zero attached hydrogens (tertiary/aromatic N) is 4. The van der Waals surface area contributed by atoms with Crippen molar-refractivity contribution >= 4 is 17.6 Å². The van der Waals surface area contributed by atoms with E-state index in [0.717, 1.165) is 0 Å². The van der Waals surface area contributed by atoms with Crippen LogP contribution < -0.4 is 16.0 Å². The maximum Gasteiger partial charge on any atom is 0.405 e. The zero-order valence-corrected chi connectivity index (χ0v) is 20.1. The van der Waals surface area contributed by atoms with Crippen molar-refractivity contribution in [2.45, 2.75) is 63.0 Å². The molecular weight excluding hydrogens is 498 g/mol. The Labute approximate surface area is 210 Å². The van der Waals surface area contributed by atoms with Crippen LogP contribution in [0.4, 0.5) is 23.4 Å². The maximum atomic E-state index is 13.7. The minimum atomic E-state index is -4.50. The van der Waals surface area contributed by atoms with Gasteiger partial charge in [0, 0.05) is 32.5 Å². The van der Waals surface area contributed by atoms with Crippen molar-refractivity contribution in [2.24, 2.45) is 13.0 Å². The van der Waals surface area contributed by atoms with Crippen molar-refractivity contribution in [3.63, 3.8) is 0 Å². The average Bonchev–Trinajstić information content (AvgIpc) is 3.43. The van der Waals surface area contributed by atoms with Crippen LogP contribution in [0.25, 0.3) is 0 Å². The lowest BCUT2D eigenvalue weighted by Gasteiger charge is -2.31. The molecule has 1 aliphatic heterocycles. The van der Waals surface area contributed by atoms with Gasteiger partial charge in [0.05, 0.1) is 0 Å². The number of hydrogen-bond donors (Lipinski definition) is 4. The van der Waals surface area contributed by atoms with Gasteiger partial charge < -0.3 is 15.7 Å². The molecule has 1 saturated carbocycles. The van der Waals surface area contributed by atoms with Crippen LogP contribution in [0.5, 0.6) is 0 Å². The molecule has 1 aliphatic carbocycles. The number of aromatic nitrogens is 3. The summed E-state index contributed by atoms with van der Waals surface area (Å²) in [5.41, 5.74) is 0.773. The molecule has 2 fully saturated rings. The van der Waals surface area contributed by atoms with Gasteiger partial charge in [-0.2, -0.15) is 18.3 Å². The number of anilines is 1. The minimum absolute atomic E-state index is 0.0205. The van der Waals surface area contributed by atoms with Crippen LogP contribution in [-0.4, -0.2) is 73.9 Å². The summed E-state index contributed by atoms with van der Waals surface area (Å²) in [5.74, 6) is -1.20. The van der Waals surface area contributed by atoms with Crippen LogP contribution >= 0.6 is 0 Å². The molecule has 0 aromatic carbocycles. The third-order valence-corrected chi connectivity index (χ3v) is 6.77. The monoisotopic (exact) mass is 527 g/mol. The third-order valence-electron chi connectivity index (χ3n) is 6.77. The molecule has 1 unspecified atom stereocenters. The first-order chi connectivity index (χ1) is 17.5. The first-order valence-electron chi connectivity index (χ1n) is 11.9. The largest absolute Gasteiger partial charge is 0.405 e. The Morgan fingerprint density at radius 1 is 1.22 bits per heavy atom. The van der Waals surface area contributed by atoms with Crippen LogP contribution in [0, 0.1) is 5.92 Å². The molecule has 10 nitrogen and oxygen atoms in total. The van der Waals surface area contributed by atoms with E-state index in [-0.39, 0.29) is 36.8 Å². The Morgan fingerprint density at radius 3 is 2.57 bits per heavy atom. The number of amides is 2. The van der Waals surface area contributed by atoms with Gasteiger partial charge in [0.25, 0.3) is 5.91 Å². The maximum absolute atomic E-state index is 13.7. The number of pyridine rings is 1. The SMILES string of the molecule is Cn1nccc1C(=O)N[C@H](C(=O)Nc1cc(CN2C[C@@H](C(F)(F)F)NC2O)ccn1)C1CCC(F)CC1. The molecule has 37 heavy (non-hydrogen) atoms. The summed E-state index contributed by atoms with van der Waals surface area (Å²) in [6.07, 6.45) is -2.67. The van der Waals surface area contributed by atoms with E-state index in [2.05, 4.69) is 26.0 Å². The number of alkyl halides is 4. The summed E-state index contributed by atoms with van der Waals surface area (Å²) in [4.78, 5) is 31.4. The number of hydrogen-bond acceptors (Lipinski definition) is 7. The van der Waals surface area contributed by atoms with E-state index in [1.807, 2.05) is 0 Å². The summed E-state index contributed by atoms with van der Waals surface area (Å²) in [7, 11) is 1.59. The Morgan fingerprint density at radius 2 is 1.95 bits per heavy atom. The Balaban J connectivity index is 1.45. The number of halogens is 4. The van der Waals surface area contributed by atoms with Crippen molar-refractivity contribution in [3.05, 3.63) is 41.9 Å². The van der Waals surface area contributed by atoms with Crippen molar-refractivity contribution < 1.29 is 32.3 Å². The lowest BCUT2D eigenvalue weighted by atomic mass is 9.82. The number of rotatable bonds is 7.